The predicted octanol–water partition coefficient (Wildman–Crippen LogP) is 3.77. The van der Waals surface area contributed by atoms with Crippen molar-refractivity contribution in [1.82, 2.24) is 10.2 Å². The van der Waals surface area contributed by atoms with Crippen molar-refractivity contribution >= 4 is 18.0 Å². The molecule has 2 N–H and O–H groups in total. The minimum absolute atomic E-state index is 0.0317. The molecule has 2 aliphatic rings. The highest BCUT2D eigenvalue weighted by atomic mass is 16.5. The number of hydrogen-bond acceptors (Lipinski definition) is 4. The third-order valence-electron chi connectivity index (χ3n) is 6.44. The van der Waals surface area contributed by atoms with E-state index in [4.69, 9.17) is 4.74 Å². The Morgan fingerprint density at radius 3 is 2.31 bits per heavy atom. The zero-order valence-corrected chi connectivity index (χ0v) is 18.1. The molecule has 7 heteroatoms. The number of rotatable bonds is 7. The van der Waals surface area contributed by atoms with Crippen molar-refractivity contribution in [2.45, 2.75) is 50.6 Å². The maximum Gasteiger partial charge on any atom is 0.407 e. The van der Waals surface area contributed by atoms with Crippen LogP contribution in [-0.2, 0) is 14.3 Å². The Morgan fingerprint density at radius 1 is 1.09 bits per heavy atom. The minimum atomic E-state index is -0.978. The van der Waals surface area contributed by atoms with Crippen LogP contribution in [0.3, 0.4) is 0 Å². The number of carbonyl (C=O) groups excluding carboxylic acids is 2. The van der Waals surface area contributed by atoms with Gasteiger partial charge in [0, 0.05) is 24.9 Å². The maximum absolute atomic E-state index is 12.6. The van der Waals surface area contributed by atoms with Gasteiger partial charge in [0.15, 0.2) is 0 Å². The number of hydrogen-bond donors (Lipinski definition) is 2. The fourth-order valence-corrected chi connectivity index (χ4v) is 4.75. The van der Waals surface area contributed by atoms with Crippen LogP contribution in [0.25, 0.3) is 11.1 Å². The van der Waals surface area contributed by atoms with E-state index >= 15 is 0 Å². The number of amides is 2. The topological polar surface area (TPSA) is 95.9 Å². The van der Waals surface area contributed by atoms with Crippen LogP contribution < -0.4 is 5.32 Å². The van der Waals surface area contributed by atoms with E-state index in [1.54, 1.807) is 0 Å². The zero-order valence-electron chi connectivity index (χ0n) is 18.1. The molecule has 0 saturated carbocycles. The maximum atomic E-state index is 12.6. The molecule has 1 heterocycles. The zero-order chi connectivity index (χ0) is 22.7. The summed E-state index contributed by atoms with van der Waals surface area (Å²) in [7, 11) is 0. The summed E-state index contributed by atoms with van der Waals surface area (Å²) < 4.78 is 5.57. The lowest BCUT2D eigenvalue weighted by molar-refractivity contribution is -0.148. The number of alkyl carbamates (subject to hydrolysis) is 1. The fraction of sp³-hybridized carbons (Fsp3) is 0.400. The van der Waals surface area contributed by atoms with Gasteiger partial charge < -0.3 is 20.1 Å². The molecule has 2 atom stereocenters. The summed E-state index contributed by atoms with van der Waals surface area (Å²) in [6.07, 6.45) is 1.19. The van der Waals surface area contributed by atoms with Crippen molar-refractivity contribution in [2.75, 3.05) is 13.2 Å². The molecule has 0 bridgehead atoms. The van der Waals surface area contributed by atoms with Gasteiger partial charge in [-0.15, -0.1) is 0 Å². The number of ether oxygens (including phenoxy) is 1. The molecule has 0 spiro atoms. The van der Waals surface area contributed by atoms with Gasteiger partial charge >= 0.3 is 12.1 Å². The summed E-state index contributed by atoms with van der Waals surface area (Å²) in [6.45, 7) is 2.52. The fourth-order valence-electron chi connectivity index (χ4n) is 4.75. The summed E-state index contributed by atoms with van der Waals surface area (Å²) >= 11 is 0. The van der Waals surface area contributed by atoms with Crippen LogP contribution in [0.1, 0.15) is 49.7 Å². The summed E-state index contributed by atoms with van der Waals surface area (Å²) in [5.74, 6) is -1.26. The number of nitrogens with zero attached hydrogens (tertiary/aromatic N) is 1. The van der Waals surface area contributed by atoms with E-state index in [9.17, 15) is 19.5 Å². The molecule has 168 valence electrons. The smallest absolute Gasteiger partial charge is 0.407 e. The van der Waals surface area contributed by atoms with E-state index in [0.717, 1.165) is 22.3 Å². The second-order valence-electron chi connectivity index (χ2n) is 8.36. The van der Waals surface area contributed by atoms with Crippen LogP contribution in [0.15, 0.2) is 48.5 Å². The summed E-state index contributed by atoms with van der Waals surface area (Å²) in [6, 6.07) is 15.1. The Hall–Kier alpha value is -3.35. The third kappa shape index (κ3) is 4.33. The van der Waals surface area contributed by atoms with Crippen molar-refractivity contribution in [1.29, 1.82) is 0 Å². The van der Waals surface area contributed by atoms with Crippen LogP contribution in [0.4, 0.5) is 4.79 Å². The highest BCUT2D eigenvalue weighted by Crippen LogP contribution is 2.44. The first kappa shape index (κ1) is 21.9. The average molecular weight is 437 g/mol. The largest absolute Gasteiger partial charge is 0.480 e. The molecule has 2 amide bonds. The number of carboxylic acids is 1. The first-order valence-electron chi connectivity index (χ1n) is 11.1. The second kappa shape index (κ2) is 9.42. The molecule has 0 aromatic heterocycles. The molecule has 4 rings (SSSR count). The van der Waals surface area contributed by atoms with Crippen LogP contribution in [0.5, 0.6) is 0 Å². The Kier molecular flexibility index (Phi) is 6.44. The third-order valence-corrected chi connectivity index (χ3v) is 6.44. The Balaban J connectivity index is 1.35. The van der Waals surface area contributed by atoms with E-state index in [1.807, 2.05) is 31.2 Å². The Bertz CT molecular complexity index is 975. The van der Waals surface area contributed by atoms with E-state index in [2.05, 4.69) is 29.6 Å². The van der Waals surface area contributed by atoms with Crippen molar-refractivity contribution in [3.8, 4) is 11.1 Å². The number of carboxylic acid groups (broad SMARTS) is 1. The number of carbonyl (C=O) groups is 3. The van der Waals surface area contributed by atoms with E-state index < -0.39 is 24.1 Å². The lowest BCUT2D eigenvalue weighted by atomic mass is 9.98. The van der Waals surface area contributed by atoms with Gasteiger partial charge in [0.1, 0.15) is 12.6 Å². The molecule has 1 unspecified atom stereocenters. The van der Waals surface area contributed by atoms with Crippen LogP contribution >= 0.6 is 0 Å². The van der Waals surface area contributed by atoms with Crippen molar-refractivity contribution < 1.29 is 24.2 Å². The minimum Gasteiger partial charge on any atom is -0.480 e. The predicted molar refractivity (Wildman–Crippen MR) is 119 cm³/mol. The highest BCUT2D eigenvalue weighted by molar-refractivity contribution is 5.85. The van der Waals surface area contributed by atoms with Gasteiger partial charge in [0.05, 0.1) is 0 Å². The van der Waals surface area contributed by atoms with Crippen molar-refractivity contribution in [2.24, 2.45) is 0 Å². The summed E-state index contributed by atoms with van der Waals surface area (Å²) in [5.41, 5.74) is 4.59. The number of fused-ring (bicyclic) bond motifs is 3. The van der Waals surface area contributed by atoms with Gasteiger partial charge in [-0.25, -0.2) is 9.59 Å². The lowest BCUT2D eigenvalue weighted by Gasteiger charge is -2.24. The molecule has 1 aliphatic heterocycles. The number of aliphatic carboxylic acids is 1. The Labute approximate surface area is 187 Å². The van der Waals surface area contributed by atoms with Crippen molar-refractivity contribution in [3.05, 3.63) is 59.7 Å². The van der Waals surface area contributed by atoms with Gasteiger partial charge in [-0.05, 0) is 41.5 Å². The monoisotopic (exact) mass is 436 g/mol. The van der Waals surface area contributed by atoms with Gasteiger partial charge in [-0.1, -0.05) is 55.5 Å². The SMILES string of the molecule is CC[C@@H](CC(=O)N1CCCC1C(=O)O)NC(=O)OCC1c2ccccc2-c2ccccc21. The van der Waals surface area contributed by atoms with Crippen LogP contribution in [0.2, 0.25) is 0 Å². The molecule has 0 radical (unpaired) electrons. The molecule has 7 nitrogen and oxygen atoms in total. The van der Waals surface area contributed by atoms with Gasteiger partial charge in [-0.2, -0.15) is 0 Å². The normalized spacial score (nSPS) is 18.0. The number of nitrogens with one attached hydrogen (secondary N) is 1. The van der Waals surface area contributed by atoms with Crippen LogP contribution in [0, 0.1) is 0 Å². The van der Waals surface area contributed by atoms with E-state index in [1.165, 1.54) is 4.90 Å². The standard InChI is InChI=1S/C25H28N2O5/c1-2-16(14-23(28)27-13-7-12-22(27)24(29)30)26-25(31)32-15-21-19-10-5-3-8-17(19)18-9-4-6-11-20(18)21/h3-6,8-11,16,21-22H,2,7,12-15H2,1H3,(H,26,31)(H,29,30)/t16-,22?/m0/s1. The molecule has 1 saturated heterocycles. The Morgan fingerprint density at radius 2 is 1.72 bits per heavy atom. The molecular weight excluding hydrogens is 408 g/mol. The van der Waals surface area contributed by atoms with Crippen molar-refractivity contribution in [3.63, 3.8) is 0 Å². The highest BCUT2D eigenvalue weighted by Gasteiger charge is 2.35. The quantitative estimate of drug-likeness (QED) is 0.689. The molecule has 2 aromatic rings. The van der Waals surface area contributed by atoms with Gasteiger partial charge in [0.2, 0.25) is 5.91 Å². The number of likely N-dealkylation sites (tertiary alicyclic amines) is 1. The summed E-state index contributed by atoms with van der Waals surface area (Å²) in [4.78, 5) is 37.9. The number of benzene rings is 2. The summed E-state index contributed by atoms with van der Waals surface area (Å²) in [5, 5.41) is 12.1. The molecule has 1 aliphatic carbocycles. The van der Waals surface area contributed by atoms with Gasteiger partial charge in [0.25, 0.3) is 0 Å². The second-order valence-corrected chi connectivity index (χ2v) is 8.36. The molecular formula is C25H28N2O5. The van der Waals surface area contributed by atoms with E-state index in [0.29, 0.717) is 25.8 Å². The van der Waals surface area contributed by atoms with E-state index in [-0.39, 0.29) is 24.9 Å². The lowest BCUT2D eigenvalue weighted by Crippen LogP contribution is -2.44. The molecule has 2 aromatic carbocycles. The average Bonchev–Trinajstić information content (AvgIpc) is 3.41. The first-order valence-corrected chi connectivity index (χ1v) is 11.1. The first-order chi connectivity index (χ1) is 15.5. The molecule has 32 heavy (non-hydrogen) atoms. The van der Waals surface area contributed by atoms with Crippen LogP contribution in [-0.4, -0.2) is 53.2 Å². The molecule has 1 fully saturated rings. The van der Waals surface area contributed by atoms with Gasteiger partial charge in [-0.3, -0.25) is 4.79 Å².